The predicted molar refractivity (Wildman–Crippen MR) is 63.4 cm³/mol. The van der Waals surface area contributed by atoms with Gasteiger partial charge in [-0.1, -0.05) is 15.9 Å². The molecule has 1 heterocycles. The van der Waals surface area contributed by atoms with E-state index < -0.39 is 0 Å². The van der Waals surface area contributed by atoms with Crippen LogP contribution in [-0.4, -0.2) is 26.1 Å². The van der Waals surface area contributed by atoms with Gasteiger partial charge in [0.15, 0.2) is 0 Å². The van der Waals surface area contributed by atoms with Crippen LogP contribution in [0.25, 0.3) is 0 Å². The van der Waals surface area contributed by atoms with Gasteiger partial charge in [-0.15, -0.1) is 0 Å². The van der Waals surface area contributed by atoms with Gasteiger partial charge in [0.05, 0.1) is 18.3 Å². The van der Waals surface area contributed by atoms with Crippen molar-refractivity contribution < 1.29 is 5.11 Å². The number of fused-ring (bicyclic) bond motifs is 1. The molecule has 15 heavy (non-hydrogen) atoms. The number of imidazole rings is 1. The first-order valence-corrected chi connectivity index (χ1v) is 6.63. The van der Waals surface area contributed by atoms with Crippen LogP contribution in [0.4, 0.5) is 0 Å². The number of alkyl halides is 1. The Balaban J connectivity index is 2.25. The lowest BCUT2D eigenvalue weighted by Crippen LogP contribution is -2.20. The highest BCUT2D eigenvalue weighted by molar-refractivity contribution is 9.09. The van der Waals surface area contributed by atoms with Gasteiger partial charge < -0.3 is 9.67 Å². The molecule has 1 aromatic rings. The Kier molecular flexibility index (Phi) is 3.46. The van der Waals surface area contributed by atoms with E-state index >= 15 is 0 Å². The summed E-state index contributed by atoms with van der Waals surface area (Å²) in [7, 11) is 0. The van der Waals surface area contributed by atoms with Gasteiger partial charge in [0.25, 0.3) is 0 Å². The van der Waals surface area contributed by atoms with Crippen molar-refractivity contribution in [2.75, 3.05) is 5.33 Å². The molecule has 1 aromatic heterocycles. The number of aliphatic hydroxyl groups excluding tert-OH is 1. The van der Waals surface area contributed by atoms with Crippen LogP contribution in [0, 0.1) is 6.92 Å². The van der Waals surface area contributed by atoms with Gasteiger partial charge in [-0.2, -0.15) is 0 Å². The summed E-state index contributed by atoms with van der Waals surface area (Å²) < 4.78 is 2.18. The second-order valence-electron chi connectivity index (χ2n) is 4.18. The summed E-state index contributed by atoms with van der Waals surface area (Å²) in [6, 6.07) is 0. The molecule has 0 fully saturated rings. The molecular formula is C11H17BrN2O. The van der Waals surface area contributed by atoms with E-state index in [9.17, 15) is 5.11 Å². The second-order valence-corrected chi connectivity index (χ2v) is 4.83. The molecule has 1 aliphatic carbocycles. The Morgan fingerprint density at radius 1 is 1.47 bits per heavy atom. The zero-order valence-electron chi connectivity index (χ0n) is 9.04. The lowest BCUT2D eigenvalue weighted by Gasteiger charge is -2.16. The monoisotopic (exact) mass is 272 g/mol. The molecule has 0 radical (unpaired) electrons. The molecule has 4 heteroatoms. The standard InChI is InChI=1S/C11H17BrN2O/c1-8-13-10-4-2-3-5-11(10)14(8)7-9(15)6-12/h9,15H,2-7H2,1H3. The van der Waals surface area contributed by atoms with Crippen molar-refractivity contribution in [2.45, 2.75) is 45.3 Å². The van der Waals surface area contributed by atoms with Crippen LogP contribution in [0.2, 0.25) is 0 Å². The first kappa shape index (κ1) is 11.1. The number of halogens is 1. The highest BCUT2D eigenvalue weighted by atomic mass is 79.9. The van der Waals surface area contributed by atoms with Gasteiger partial charge in [0, 0.05) is 11.0 Å². The SMILES string of the molecule is Cc1nc2c(n1CC(O)CBr)CCCC2. The zero-order valence-corrected chi connectivity index (χ0v) is 10.6. The first-order chi connectivity index (χ1) is 7.22. The van der Waals surface area contributed by atoms with Crippen LogP contribution in [0.5, 0.6) is 0 Å². The molecule has 1 aliphatic rings. The number of rotatable bonds is 3. The van der Waals surface area contributed by atoms with E-state index in [0.29, 0.717) is 11.9 Å². The molecular weight excluding hydrogens is 256 g/mol. The van der Waals surface area contributed by atoms with Gasteiger partial charge in [-0.3, -0.25) is 0 Å². The van der Waals surface area contributed by atoms with E-state index in [-0.39, 0.29) is 6.10 Å². The van der Waals surface area contributed by atoms with Crippen molar-refractivity contribution in [3.63, 3.8) is 0 Å². The molecule has 0 spiro atoms. The quantitative estimate of drug-likeness (QED) is 0.853. The number of aromatic nitrogens is 2. The maximum Gasteiger partial charge on any atom is 0.106 e. The second kappa shape index (κ2) is 4.66. The van der Waals surface area contributed by atoms with E-state index in [2.05, 4.69) is 25.5 Å². The van der Waals surface area contributed by atoms with Gasteiger partial charge in [-0.05, 0) is 32.6 Å². The third kappa shape index (κ3) is 2.26. The van der Waals surface area contributed by atoms with Crippen molar-refractivity contribution in [3.8, 4) is 0 Å². The first-order valence-electron chi connectivity index (χ1n) is 5.51. The van der Waals surface area contributed by atoms with Crippen LogP contribution >= 0.6 is 15.9 Å². The molecule has 84 valence electrons. The van der Waals surface area contributed by atoms with Gasteiger partial charge in [0.2, 0.25) is 0 Å². The summed E-state index contributed by atoms with van der Waals surface area (Å²) in [5.74, 6) is 1.04. The minimum absolute atomic E-state index is 0.316. The fourth-order valence-electron chi connectivity index (χ4n) is 2.24. The summed E-state index contributed by atoms with van der Waals surface area (Å²) in [6.07, 6.45) is 4.41. The van der Waals surface area contributed by atoms with E-state index in [1.165, 1.54) is 24.2 Å². The smallest absolute Gasteiger partial charge is 0.106 e. The van der Waals surface area contributed by atoms with Crippen molar-refractivity contribution in [3.05, 3.63) is 17.2 Å². The normalized spacial score (nSPS) is 17.5. The summed E-state index contributed by atoms with van der Waals surface area (Å²) in [5.41, 5.74) is 2.60. The number of hydrogen-bond acceptors (Lipinski definition) is 2. The predicted octanol–water partition coefficient (Wildman–Crippen LogP) is 1.83. The van der Waals surface area contributed by atoms with E-state index in [1.54, 1.807) is 0 Å². The van der Waals surface area contributed by atoms with Gasteiger partial charge in [0.1, 0.15) is 5.82 Å². The average Bonchev–Trinajstić information content (AvgIpc) is 2.55. The van der Waals surface area contributed by atoms with Crippen LogP contribution in [0.15, 0.2) is 0 Å². The van der Waals surface area contributed by atoms with E-state index in [1.807, 2.05) is 6.92 Å². The van der Waals surface area contributed by atoms with Gasteiger partial charge in [-0.25, -0.2) is 4.98 Å². The molecule has 1 atom stereocenters. The molecule has 0 amide bonds. The third-order valence-electron chi connectivity index (χ3n) is 2.99. The molecule has 0 bridgehead atoms. The molecule has 0 aromatic carbocycles. The van der Waals surface area contributed by atoms with Crippen molar-refractivity contribution in [1.82, 2.24) is 9.55 Å². The van der Waals surface area contributed by atoms with Crippen molar-refractivity contribution >= 4 is 15.9 Å². The number of aryl methyl sites for hydroxylation is 2. The Labute approximate surface area is 98.6 Å². The van der Waals surface area contributed by atoms with E-state index in [0.717, 1.165) is 18.7 Å². The largest absolute Gasteiger partial charge is 0.390 e. The molecule has 2 rings (SSSR count). The topological polar surface area (TPSA) is 38.0 Å². The Morgan fingerprint density at radius 3 is 2.93 bits per heavy atom. The van der Waals surface area contributed by atoms with Crippen molar-refractivity contribution in [2.24, 2.45) is 0 Å². The summed E-state index contributed by atoms with van der Waals surface area (Å²) in [5, 5.41) is 10.3. The fourth-order valence-corrected chi connectivity index (χ4v) is 2.44. The van der Waals surface area contributed by atoms with E-state index in [4.69, 9.17) is 0 Å². The zero-order chi connectivity index (χ0) is 10.8. The van der Waals surface area contributed by atoms with Crippen LogP contribution in [-0.2, 0) is 19.4 Å². The Morgan fingerprint density at radius 2 is 2.20 bits per heavy atom. The molecule has 1 unspecified atom stereocenters. The highest BCUT2D eigenvalue weighted by Gasteiger charge is 2.19. The molecule has 0 saturated heterocycles. The number of nitrogens with zero attached hydrogens (tertiary/aromatic N) is 2. The Bertz CT molecular complexity index is 349. The molecule has 0 aliphatic heterocycles. The average molecular weight is 273 g/mol. The lowest BCUT2D eigenvalue weighted by atomic mass is 10.0. The van der Waals surface area contributed by atoms with Gasteiger partial charge >= 0.3 is 0 Å². The van der Waals surface area contributed by atoms with Crippen LogP contribution in [0.3, 0.4) is 0 Å². The summed E-state index contributed by atoms with van der Waals surface area (Å²) in [4.78, 5) is 4.58. The molecule has 0 saturated carbocycles. The number of aliphatic hydroxyl groups is 1. The Hall–Kier alpha value is -0.350. The maximum atomic E-state index is 9.66. The number of hydrogen-bond donors (Lipinski definition) is 1. The molecule has 3 nitrogen and oxygen atoms in total. The minimum atomic E-state index is -0.316. The minimum Gasteiger partial charge on any atom is -0.390 e. The summed E-state index contributed by atoms with van der Waals surface area (Å²) in [6.45, 7) is 2.69. The maximum absolute atomic E-state index is 9.66. The third-order valence-corrected chi connectivity index (χ3v) is 3.74. The van der Waals surface area contributed by atoms with Crippen molar-refractivity contribution in [1.29, 1.82) is 0 Å². The highest BCUT2D eigenvalue weighted by Crippen LogP contribution is 2.22. The summed E-state index contributed by atoms with van der Waals surface area (Å²) >= 11 is 3.30. The lowest BCUT2D eigenvalue weighted by molar-refractivity contribution is 0.177. The molecule has 1 N–H and O–H groups in total. The van der Waals surface area contributed by atoms with Crippen LogP contribution < -0.4 is 0 Å². The fraction of sp³-hybridized carbons (Fsp3) is 0.727. The van der Waals surface area contributed by atoms with Crippen LogP contribution in [0.1, 0.15) is 30.1 Å².